The van der Waals surface area contributed by atoms with Crippen LogP contribution < -0.4 is 10.6 Å². The Kier molecular flexibility index (Phi) is 6.06. The highest BCUT2D eigenvalue weighted by Crippen LogP contribution is 2.15. The van der Waals surface area contributed by atoms with Crippen molar-refractivity contribution in [2.45, 2.75) is 19.4 Å². The highest BCUT2D eigenvalue weighted by Gasteiger charge is 2.18. The fourth-order valence-corrected chi connectivity index (χ4v) is 2.09. The molecule has 0 aliphatic heterocycles. The Bertz CT molecular complexity index is 513. The SMILES string of the molecule is CNC(=O)C(C)NC(=O)c1sccc1C#CCCO. The van der Waals surface area contributed by atoms with E-state index in [4.69, 9.17) is 5.11 Å². The van der Waals surface area contributed by atoms with Crippen LogP contribution in [0.25, 0.3) is 0 Å². The first-order valence-corrected chi connectivity index (χ1v) is 6.67. The quantitative estimate of drug-likeness (QED) is 0.696. The zero-order valence-corrected chi connectivity index (χ0v) is 11.6. The summed E-state index contributed by atoms with van der Waals surface area (Å²) >= 11 is 1.27. The van der Waals surface area contributed by atoms with Crippen molar-refractivity contribution in [2.75, 3.05) is 13.7 Å². The number of thiophene rings is 1. The smallest absolute Gasteiger partial charge is 0.263 e. The van der Waals surface area contributed by atoms with Crippen LogP contribution in [0.4, 0.5) is 0 Å². The van der Waals surface area contributed by atoms with Gasteiger partial charge in [-0.25, -0.2) is 0 Å². The van der Waals surface area contributed by atoms with Gasteiger partial charge in [-0.3, -0.25) is 9.59 Å². The number of hydrogen-bond acceptors (Lipinski definition) is 4. The lowest BCUT2D eigenvalue weighted by Gasteiger charge is -2.11. The first-order valence-electron chi connectivity index (χ1n) is 5.79. The van der Waals surface area contributed by atoms with Crippen molar-refractivity contribution in [2.24, 2.45) is 0 Å². The lowest BCUT2D eigenvalue weighted by atomic mass is 10.2. The van der Waals surface area contributed by atoms with Crippen LogP contribution >= 0.6 is 11.3 Å². The molecule has 0 spiro atoms. The molecule has 1 aromatic heterocycles. The van der Waals surface area contributed by atoms with Crippen molar-refractivity contribution >= 4 is 23.2 Å². The van der Waals surface area contributed by atoms with Crippen molar-refractivity contribution in [3.05, 3.63) is 21.9 Å². The molecule has 1 heterocycles. The predicted molar refractivity (Wildman–Crippen MR) is 73.9 cm³/mol. The Labute approximate surface area is 116 Å². The maximum Gasteiger partial charge on any atom is 0.263 e. The standard InChI is InChI=1S/C13H16N2O3S/c1-9(12(17)14-2)15-13(18)11-10(6-8-19-11)5-3-4-7-16/h6,8-9,16H,4,7H2,1-2H3,(H,14,17)(H,15,18). The minimum atomic E-state index is -0.599. The summed E-state index contributed by atoms with van der Waals surface area (Å²) in [6, 6.07) is 1.15. The number of amides is 2. The Morgan fingerprint density at radius 1 is 1.53 bits per heavy atom. The largest absolute Gasteiger partial charge is 0.395 e. The van der Waals surface area contributed by atoms with E-state index in [-0.39, 0.29) is 18.4 Å². The average Bonchev–Trinajstić information content (AvgIpc) is 2.86. The van der Waals surface area contributed by atoms with E-state index in [0.717, 1.165) is 0 Å². The fraction of sp³-hybridized carbons (Fsp3) is 0.385. The van der Waals surface area contributed by atoms with Crippen molar-refractivity contribution < 1.29 is 14.7 Å². The van der Waals surface area contributed by atoms with Crippen molar-refractivity contribution in [1.29, 1.82) is 0 Å². The Morgan fingerprint density at radius 2 is 2.26 bits per heavy atom. The van der Waals surface area contributed by atoms with Gasteiger partial charge < -0.3 is 15.7 Å². The van der Waals surface area contributed by atoms with Gasteiger partial charge in [0.15, 0.2) is 0 Å². The molecule has 3 N–H and O–H groups in total. The van der Waals surface area contributed by atoms with Crippen molar-refractivity contribution in [3.63, 3.8) is 0 Å². The maximum absolute atomic E-state index is 12.0. The third-order valence-electron chi connectivity index (χ3n) is 2.32. The Hall–Kier alpha value is -1.84. The van der Waals surface area contributed by atoms with Gasteiger partial charge in [-0.2, -0.15) is 0 Å². The highest BCUT2D eigenvalue weighted by atomic mass is 32.1. The summed E-state index contributed by atoms with van der Waals surface area (Å²) in [5.74, 6) is 5.03. The Balaban J connectivity index is 2.76. The number of aliphatic hydroxyl groups is 1. The first-order chi connectivity index (χ1) is 9.10. The zero-order valence-electron chi connectivity index (χ0n) is 10.8. The van der Waals surface area contributed by atoms with Gasteiger partial charge in [-0.15, -0.1) is 11.3 Å². The number of likely N-dealkylation sites (N-methyl/N-ethyl adjacent to an activating group) is 1. The second-order valence-corrected chi connectivity index (χ2v) is 4.66. The lowest BCUT2D eigenvalue weighted by Crippen LogP contribution is -2.43. The second kappa shape index (κ2) is 7.56. The lowest BCUT2D eigenvalue weighted by molar-refractivity contribution is -0.122. The molecule has 0 radical (unpaired) electrons. The number of hydrogen-bond donors (Lipinski definition) is 3. The van der Waals surface area contributed by atoms with E-state index in [1.165, 1.54) is 18.4 Å². The van der Waals surface area contributed by atoms with Crippen molar-refractivity contribution in [1.82, 2.24) is 10.6 Å². The highest BCUT2D eigenvalue weighted by molar-refractivity contribution is 7.12. The number of aliphatic hydroxyl groups excluding tert-OH is 1. The molecule has 0 saturated heterocycles. The first kappa shape index (κ1) is 15.2. The number of carbonyl (C=O) groups excluding carboxylic acids is 2. The second-order valence-electron chi connectivity index (χ2n) is 3.75. The molecule has 0 fully saturated rings. The van der Waals surface area contributed by atoms with Gasteiger partial charge >= 0.3 is 0 Å². The van der Waals surface area contributed by atoms with E-state index in [1.807, 2.05) is 0 Å². The van der Waals surface area contributed by atoms with E-state index in [1.54, 1.807) is 18.4 Å². The summed E-state index contributed by atoms with van der Waals surface area (Å²) in [5.41, 5.74) is 0.611. The monoisotopic (exact) mass is 280 g/mol. The normalized spacial score (nSPS) is 11.1. The van der Waals surface area contributed by atoms with E-state index >= 15 is 0 Å². The van der Waals surface area contributed by atoms with Crippen LogP contribution in [0.15, 0.2) is 11.4 Å². The van der Waals surface area contributed by atoms with E-state index in [9.17, 15) is 9.59 Å². The number of rotatable bonds is 4. The molecule has 1 rings (SSSR count). The van der Waals surface area contributed by atoms with Gasteiger partial charge in [0.25, 0.3) is 5.91 Å². The van der Waals surface area contributed by atoms with Crippen LogP contribution in [0.1, 0.15) is 28.6 Å². The van der Waals surface area contributed by atoms with Gasteiger partial charge in [0.1, 0.15) is 10.9 Å². The van der Waals surface area contributed by atoms with E-state index in [2.05, 4.69) is 22.5 Å². The summed E-state index contributed by atoms with van der Waals surface area (Å²) in [4.78, 5) is 23.8. The van der Waals surface area contributed by atoms with Gasteiger partial charge in [0.05, 0.1) is 6.61 Å². The van der Waals surface area contributed by atoms with Crippen LogP contribution in [0.3, 0.4) is 0 Å². The van der Waals surface area contributed by atoms with Gasteiger partial charge in [0.2, 0.25) is 5.91 Å². The molecule has 1 unspecified atom stereocenters. The molecule has 1 aromatic rings. The van der Waals surface area contributed by atoms with Gasteiger partial charge in [-0.05, 0) is 18.4 Å². The average molecular weight is 280 g/mol. The van der Waals surface area contributed by atoms with Crippen LogP contribution in [-0.4, -0.2) is 36.6 Å². The van der Waals surface area contributed by atoms with Crippen molar-refractivity contribution in [3.8, 4) is 11.8 Å². The molecule has 0 saturated carbocycles. The minimum absolute atomic E-state index is 0.00757. The molecule has 102 valence electrons. The molecule has 19 heavy (non-hydrogen) atoms. The summed E-state index contributed by atoms with van der Waals surface area (Å²) < 4.78 is 0. The summed E-state index contributed by atoms with van der Waals surface area (Å²) in [7, 11) is 1.52. The predicted octanol–water partition coefficient (Wildman–Crippen LogP) is 0.346. The van der Waals surface area contributed by atoms with Crippen LogP contribution in [0.5, 0.6) is 0 Å². The third-order valence-corrected chi connectivity index (χ3v) is 3.23. The summed E-state index contributed by atoms with van der Waals surface area (Å²) in [5, 5.41) is 15.5. The molecular weight excluding hydrogens is 264 g/mol. The van der Waals surface area contributed by atoms with E-state index < -0.39 is 6.04 Å². The van der Waals surface area contributed by atoms with Crippen LogP contribution in [0.2, 0.25) is 0 Å². The molecule has 6 heteroatoms. The van der Waals surface area contributed by atoms with E-state index in [0.29, 0.717) is 16.9 Å². The van der Waals surface area contributed by atoms with Gasteiger partial charge in [0, 0.05) is 19.0 Å². The number of nitrogens with one attached hydrogen (secondary N) is 2. The maximum atomic E-state index is 12.0. The Morgan fingerprint density at radius 3 is 2.89 bits per heavy atom. The fourth-order valence-electron chi connectivity index (χ4n) is 1.34. The molecule has 5 nitrogen and oxygen atoms in total. The molecule has 1 atom stereocenters. The molecule has 0 aliphatic rings. The molecule has 0 aliphatic carbocycles. The van der Waals surface area contributed by atoms with Gasteiger partial charge in [-0.1, -0.05) is 11.8 Å². The molecule has 0 aromatic carbocycles. The zero-order chi connectivity index (χ0) is 14.3. The van der Waals surface area contributed by atoms with Crippen LogP contribution in [-0.2, 0) is 4.79 Å². The topological polar surface area (TPSA) is 78.4 Å². The summed E-state index contributed by atoms with van der Waals surface area (Å²) in [6.07, 6.45) is 0.367. The third kappa shape index (κ3) is 4.39. The number of carbonyl (C=O) groups is 2. The molecule has 0 bridgehead atoms. The minimum Gasteiger partial charge on any atom is -0.395 e. The van der Waals surface area contributed by atoms with Crippen LogP contribution in [0, 0.1) is 11.8 Å². The summed E-state index contributed by atoms with van der Waals surface area (Å²) in [6.45, 7) is 1.60. The molecular formula is C13H16N2O3S. The molecule has 2 amide bonds.